The van der Waals surface area contributed by atoms with Crippen LogP contribution in [0.1, 0.15) is 71.1 Å². The first-order valence-electron chi connectivity index (χ1n) is 6.96. The van der Waals surface area contributed by atoms with Gasteiger partial charge in [-0.15, -0.1) is 0 Å². The monoisotopic (exact) mass is 278 g/mol. The van der Waals surface area contributed by atoms with Crippen molar-refractivity contribution in [3.63, 3.8) is 0 Å². The maximum absolute atomic E-state index is 11.2. The Morgan fingerprint density at radius 2 is 1.35 bits per heavy atom. The van der Waals surface area contributed by atoms with Gasteiger partial charge in [0.15, 0.2) is 0 Å². The van der Waals surface area contributed by atoms with Gasteiger partial charge >= 0.3 is 5.97 Å². The maximum Gasteiger partial charge on any atom is 0.310 e. The van der Waals surface area contributed by atoms with E-state index in [1.54, 1.807) is 6.92 Å². The number of hydrogen-bond acceptors (Lipinski definition) is 2. The summed E-state index contributed by atoms with van der Waals surface area (Å²) in [6.45, 7) is 13.8. The van der Waals surface area contributed by atoms with Crippen LogP contribution in [0.4, 0.5) is 0 Å². The van der Waals surface area contributed by atoms with Crippen molar-refractivity contribution >= 4 is 5.97 Å². The van der Waals surface area contributed by atoms with Gasteiger partial charge in [-0.1, -0.05) is 53.7 Å². The van der Waals surface area contributed by atoms with E-state index >= 15 is 0 Å². The molecule has 1 rings (SSSR count). The number of aromatic hydroxyl groups is 1. The van der Waals surface area contributed by atoms with Crippen LogP contribution >= 0.6 is 0 Å². The van der Waals surface area contributed by atoms with Gasteiger partial charge in [-0.05, 0) is 34.4 Å². The van der Waals surface area contributed by atoms with Crippen molar-refractivity contribution in [3.8, 4) is 5.75 Å². The first-order valence-corrected chi connectivity index (χ1v) is 6.96. The number of phenolic OH excluding ortho intramolecular Hbond substituents is 1. The van der Waals surface area contributed by atoms with E-state index in [4.69, 9.17) is 0 Å². The molecular formula is C17H26O3. The minimum Gasteiger partial charge on any atom is -0.507 e. The Labute approximate surface area is 121 Å². The van der Waals surface area contributed by atoms with E-state index in [-0.39, 0.29) is 16.6 Å². The van der Waals surface area contributed by atoms with Crippen LogP contribution < -0.4 is 0 Å². The number of carboxylic acid groups (broad SMARTS) is 1. The van der Waals surface area contributed by atoms with Gasteiger partial charge in [0.1, 0.15) is 5.75 Å². The Morgan fingerprint density at radius 1 is 1.00 bits per heavy atom. The molecule has 2 N–H and O–H groups in total. The first-order chi connectivity index (χ1) is 8.85. The summed E-state index contributed by atoms with van der Waals surface area (Å²) in [5, 5.41) is 19.8. The molecule has 112 valence electrons. The van der Waals surface area contributed by atoms with E-state index in [1.807, 2.05) is 53.7 Å². The van der Waals surface area contributed by atoms with E-state index < -0.39 is 11.9 Å². The molecule has 1 aromatic rings. The van der Waals surface area contributed by atoms with Gasteiger partial charge in [0.05, 0.1) is 5.92 Å². The SMILES string of the molecule is C[C@@H](C(=O)O)c1cc(C(C)(C)C)c(O)c(C(C)(C)C)c1. The molecule has 0 aromatic heterocycles. The van der Waals surface area contributed by atoms with Crippen LogP contribution in [-0.4, -0.2) is 16.2 Å². The third kappa shape index (κ3) is 3.33. The Bertz CT molecular complexity index is 481. The Morgan fingerprint density at radius 3 is 1.60 bits per heavy atom. The molecule has 0 fully saturated rings. The normalized spacial score (nSPS) is 14.2. The summed E-state index contributed by atoms with van der Waals surface area (Å²) >= 11 is 0. The summed E-state index contributed by atoms with van der Waals surface area (Å²) in [5.74, 6) is -1.15. The van der Waals surface area contributed by atoms with Gasteiger partial charge in [-0.2, -0.15) is 0 Å². The Kier molecular flexibility index (Phi) is 4.23. The zero-order valence-corrected chi connectivity index (χ0v) is 13.5. The molecule has 0 aliphatic rings. The summed E-state index contributed by atoms with van der Waals surface area (Å²) in [5.41, 5.74) is 1.86. The van der Waals surface area contributed by atoms with Crippen molar-refractivity contribution in [2.75, 3.05) is 0 Å². The highest BCUT2D eigenvalue weighted by atomic mass is 16.4. The van der Waals surface area contributed by atoms with E-state index in [2.05, 4.69) is 0 Å². The lowest BCUT2D eigenvalue weighted by Crippen LogP contribution is -2.19. The van der Waals surface area contributed by atoms with Crippen LogP contribution in [0.2, 0.25) is 0 Å². The lowest BCUT2D eigenvalue weighted by Gasteiger charge is -2.28. The minimum absolute atomic E-state index is 0.238. The van der Waals surface area contributed by atoms with Crippen molar-refractivity contribution in [2.24, 2.45) is 0 Å². The third-order valence-corrected chi connectivity index (χ3v) is 3.62. The average Bonchev–Trinajstić information content (AvgIpc) is 2.24. The highest BCUT2D eigenvalue weighted by Gasteiger charge is 2.28. The number of phenols is 1. The zero-order chi connectivity index (χ0) is 15.9. The fourth-order valence-corrected chi connectivity index (χ4v) is 2.19. The smallest absolute Gasteiger partial charge is 0.310 e. The zero-order valence-electron chi connectivity index (χ0n) is 13.5. The molecule has 20 heavy (non-hydrogen) atoms. The first kappa shape index (κ1) is 16.5. The fraction of sp³-hybridized carbons (Fsp3) is 0.588. The number of benzene rings is 1. The lowest BCUT2D eigenvalue weighted by molar-refractivity contribution is -0.138. The van der Waals surface area contributed by atoms with Crippen molar-refractivity contribution in [1.82, 2.24) is 0 Å². The predicted octanol–water partition coefficient (Wildman–Crippen LogP) is 4.18. The third-order valence-electron chi connectivity index (χ3n) is 3.62. The van der Waals surface area contributed by atoms with Crippen LogP contribution in [0.5, 0.6) is 5.75 Å². The molecule has 0 saturated heterocycles. The second-order valence-electron chi connectivity index (χ2n) is 7.52. The molecular weight excluding hydrogens is 252 g/mol. The molecule has 0 heterocycles. The fourth-order valence-electron chi connectivity index (χ4n) is 2.19. The second kappa shape index (κ2) is 5.12. The molecule has 0 spiro atoms. The van der Waals surface area contributed by atoms with Gasteiger partial charge in [0.2, 0.25) is 0 Å². The summed E-state index contributed by atoms with van der Waals surface area (Å²) in [4.78, 5) is 11.2. The van der Waals surface area contributed by atoms with Crippen molar-refractivity contribution in [1.29, 1.82) is 0 Å². The molecule has 0 saturated carbocycles. The molecule has 0 radical (unpaired) electrons. The molecule has 0 aliphatic carbocycles. The number of hydrogen-bond donors (Lipinski definition) is 2. The number of carboxylic acids is 1. The molecule has 3 nitrogen and oxygen atoms in total. The number of rotatable bonds is 2. The van der Waals surface area contributed by atoms with Crippen molar-refractivity contribution < 1.29 is 15.0 Å². The molecule has 0 unspecified atom stereocenters. The standard InChI is InChI=1S/C17H26O3/c1-10(15(19)20)11-8-12(16(2,3)4)14(18)13(9-11)17(5,6)7/h8-10,18H,1-7H3,(H,19,20)/t10-/m1/s1. The Balaban J connectivity index is 3.63. The Hall–Kier alpha value is -1.51. The average molecular weight is 278 g/mol. The summed E-state index contributed by atoms with van der Waals surface area (Å²) in [6.07, 6.45) is 0. The number of aliphatic carboxylic acids is 1. The molecule has 0 bridgehead atoms. The lowest BCUT2D eigenvalue weighted by atomic mass is 9.77. The van der Waals surface area contributed by atoms with Crippen LogP contribution in [0.3, 0.4) is 0 Å². The number of carbonyl (C=O) groups is 1. The van der Waals surface area contributed by atoms with E-state index in [0.29, 0.717) is 0 Å². The molecule has 3 heteroatoms. The van der Waals surface area contributed by atoms with E-state index in [1.165, 1.54) is 0 Å². The maximum atomic E-state index is 11.2. The molecule has 0 amide bonds. The molecule has 1 aromatic carbocycles. The largest absolute Gasteiger partial charge is 0.507 e. The minimum atomic E-state index is -0.851. The van der Waals surface area contributed by atoms with Gasteiger partial charge in [0, 0.05) is 0 Å². The molecule has 1 atom stereocenters. The topological polar surface area (TPSA) is 57.5 Å². The highest BCUT2D eigenvalue weighted by molar-refractivity contribution is 5.76. The molecule has 0 aliphatic heterocycles. The van der Waals surface area contributed by atoms with Crippen LogP contribution in [-0.2, 0) is 15.6 Å². The van der Waals surface area contributed by atoms with Crippen LogP contribution in [0.15, 0.2) is 12.1 Å². The summed E-state index contributed by atoms with van der Waals surface area (Å²) in [7, 11) is 0. The quantitative estimate of drug-likeness (QED) is 0.853. The van der Waals surface area contributed by atoms with Crippen LogP contribution in [0.25, 0.3) is 0 Å². The van der Waals surface area contributed by atoms with E-state index in [0.717, 1.165) is 16.7 Å². The second-order valence-corrected chi connectivity index (χ2v) is 7.52. The summed E-state index contributed by atoms with van der Waals surface area (Å²) in [6, 6.07) is 3.65. The van der Waals surface area contributed by atoms with Gasteiger partial charge < -0.3 is 10.2 Å². The predicted molar refractivity (Wildman–Crippen MR) is 81.6 cm³/mol. The van der Waals surface area contributed by atoms with Crippen molar-refractivity contribution in [3.05, 3.63) is 28.8 Å². The van der Waals surface area contributed by atoms with Gasteiger partial charge in [-0.3, -0.25) is 4.79 Å². The van der Waals surface area contributed by atoms with E-state index in [9.17, 15) is 15.0 Å². The highest BCUT2D eigenvalue weighted by Crippen LogP contribution is 2.41. The van der Waals surface area contributed by atoms with Crippen LogP contribution in [0, 0.1) is 0 Å². The summed E-state index contributed by atoms with van der Waals surface area (Å²) < 4.78 is 0. The van der Waals surface area contributed by atoms with Gasteiger partial charge in [-0.25, -0.2) is 0 Å². The van der Waals surface area contributed by atoms with Crippen molar-refractivity contribution in [2.45, 2.75) is 65.2 Å². The van der Waals surface area contributed by atoms with Gasteiger partial charge in [0.25, 0.3) is 0 Å².